The third-order valence-corrected chi connectivity index (χ3v) is 1.89. The summed E-state index contributed by atoms with van der Waals surface area (Å²) in [5, 5.41) is 5.31. The predicted molar refractivity (Wildman–Crippen MR) is 75.0 cm³/mol. The van der Waals surface area contributed by atoms with E-state index in [0.717, 1.165) is 0 Å². The molecule has 0 atom stereocenters. The topological polar surface area (TPSA) is 67.4 Å². The second kappa shape index (κ2) is 8.74. The quantitative estimate of drug-likeness (QED) is 0.395. The highest BCUT2D eigenvalue weighted by molar-refractivity contribution is 5.92. The number of carbonyl (C=O) groups is 2. The van der Waals surface area contributed by atoms with Crippen LogP contribution >= 0.6 is 0 Å². The fourth-order valence-electron chi connectivity index (χ4n) is 1.13. The van der Waals surface area contributed by atoms with Crippen molar-refractivity contribution in [2.24, 2.45) is 0 Å². The van der Waals surface area contributed by atoms with Gasteiger partial charge in [0.2, 0.25) is 5.91 Å². The van der Waals surface area contributed by atoms with E-state index in [1.54, 1.807) is 13.8 Å². The normalized spacial score (nSPS) is 10.3. The Labute approximate surface area is 113 Å². The second-order valence-electron chi connectivity index (χ2n) is 3.73. The molecule has 2 N–H and O–H groups in total. The molecule has 0 bridgehead atoms. The molecule has 0 heterocycles. The minimum atomic E-state index is -0.480. The van der Waals surface area contributed by atoms with Crippen molar-refractivity contribution in [3.8, 4) is 0 Å². The predicted octanol–water partition coefficient (Wildman–Crippen LogP) is 1.42. The highest BCUT2D eigenvalue weighted by Crippen LogP contribution is 2.03. The molecule has 5 heteroatoms. The first kappa shape index (κ1) is 16.7. The highest BCUT2D eigenvalue weighted by Gasteiger charge is 2.07. The smallest absolute Gasteiger partial charge is 0.338 e. The highest BCUT2D eigenvalue weighted by atomic mass is 16.5. The first-order valence-corrected chi connectivity index (χ1v) is 5.80. The summed E-state index contributed by atoms with van der Waals surface area (Å²) < 4.78 is 4.84. The Kier molecular flexibility index (Phi) is 7.68. The van der Waals surface area contributed by atoms with E-state index in [2.05, 4.69) is 30.4 Å². The zero-order valence-electron chi connectivity index (χ0n) is 11.4. The van der Waals surface area contributed by atoms with Gasteiger partial charge in [0.05, 0.1) is 18.7 Å². The third-order valence-electron chi connectivity index (χ3n) is 1.89. The minimum Gasteiger partial charge on any atom is -0.462 e. The maximum absolute atomic E-state index is 11.5. The number of ether oxygens (including phenoxy) is 1. The number of esters is 1. The zero-order chi connectivity index (χ0) is 14.8. The van der Waals surface area contributed by atoms with E-state index < -0.39 is 5.97 Å². The Morgan fingerprint density at radius 3 is 2.42 bits per heavy atom. The monoisotopic (exact) mass is 264 g/mol. The number of rotatable bonds is 8. The van der Waals surface area contributed by atoms with Crippen molar-refractivity contribution in [1.82, 2.24) is 10.6 Å². The van der Waals surface area contributed by atoms with Crippen LogP contribution in [0.25, 0.3) is 0 Å². The molecule has 0 radical (unpaired) electrons. The lowest BCUT2D eigenvalue weighted by atomic mass is 10.2. The molecule has 5 nitrogen and oxygen atoms in total. The minimum absolute atomic E-state index is 0.0371. The number of nitrogens with one attached hydrogen (secondary N) is 2. The van der Waals surface area contributed by atoms with Crippen LogP contribution in [0.15, 0.2) is 48.9 Å². The summed E-state index contributed by atoms with van der Waals surface area (Å²) in [7, 11) is 0. The fraction of sp³-hybridized carbons (Fsp3) is 0.286. The summed E-state index contributed by atoms with van der Waals surface area (Å²) in [6, 6.07) is 0. The molecule has 0 aromatic heterocycles. The number of amides is 1. The lowest BCUT2D eigenvalue weighted by Gasteiger charge is -2.08. The fourth-order valence-corrected chi connectivity index (χ4v) is 1.13. The average Bonchev–Trinajstić information content (AvgIpc) is 2.32. The first-order chi connectivity index (χ1) is 8.90. The van der Waals surface area contributed by atoms with Crippen LogP contribution in [0, 0.1) is 0 Å². The molecule has 104 valence electrons. The first-order valence-electron chi connectivity index (χ1n) is 5.80. The van der Waals surface area contributed by atoms with Gasteiger partial charge in [-0.25, -0.2) is 4.79 Å². The van der Waals surface area contributed by atoms with Crippen LogP contribution in [0.2, 0.25) is 0 Å². The summed E-state index contributed by atoms with van der Waals surface area (Å²) in [5.41, 5.74) is 1.26. The van der Waals surface area contributed by atoms with Crippen molar-refractivity contribution in [2.45, 2.75) is 13.8 Å². The Morgan fingerprint density at radius 2 is 1.95 bits per heavy atom. The Bertz CT molecular complexity index is 422. The van der Waals surface area contributed by atoms with Crippen LogP contribution in [-0.2, 0) is 14.3 Å². The number of hydrogen-bond acceptors (Lipinski definition) is 4. The van der Waals surface area contributed by atoms with Crippen LogP contribution < -0.4 is 10.6 Å². The van der Waals surface area contributed by atoms with E-state index in [4.69, 9.17) is 4.74 Å². The molecule has 0 aliphatic carbocycles. The van der Waals surface area contributed by atoms with Crippen LogP contribution in [0.5, 0.6) is 0 Å². The van der Waals surface area contributed by atoms with Crippen molar-refractivity contribution in [1.29, 1.82) is 0 Å². The molecule has 0 aromatic carbocycles. The van der Waals surface area contributed by atoms with Gasteiger partial charge in [0.15, 0.2) is 0 Å². The van der Waals surface area contributed by atoms with E-state index in [0.29, 0.717) is 11.4 Å². The van der Waals surface area contributed by atoms with E-state index in [-0.39, 0.29) is 24.6 Å². The number of allylic oxidation sites excluding steroid dienone is 2. The molecular formula is C14H20N2O3. The summed E-state index contributed by atoms with van der Waals surface area (Å²) >= 11 is 0. The zero-order valence-corrected chi connectivity index (χ0v) is 11.4. The lowest BCUT2D eigenvalue weighted by Crippen LogP contribution is -2.31. The summed E-state index contributed by atoms with van der Waals surface area (Å²) in [4.78, 5) is 22.8. The van der Waals surface area contributed by atoms with E-state index in [1.807, 2.05) is 0 Å². The molecule has 0 fully saturated rings. The van der Waals surface area contributed by atoms with Crippen molar-refractivity contribution in [3.63, 3.8) is 0 Å². The van der Waals surface area contributed by atoms with Gasteiger partial charge in [-0.05, 0) is 19.9 Å². The van der Waals surface area contributed by atoms with E-state index in [9.17, 15) is 9.59 Å². The molecule has 0 rings (SSSR count). The molecule has 1 amide bonds. The summed E-state index contributed by atoms with van der Waals surface area (Å²) in [5.74, 6) is -0.717. The molecule has 0 aliphatic rings. The summed E-state index contributed by atoms with van der Waals surface area (Å²) in [6.07, 6.45) is 2.85. The largest absolute Gasteiger partial charge is 0.462 e. The van der Waals surface area contributed by atoms with Gasteiger partial charge in [0, 0.05) is 11.4 Å². The third kappa shape index (κ3) is 7.59. The SMILES string of the molecule is C=C/C(=C\C(=C)NCC(=O)NC(=C)C)C(=O)OCC. The molecule has 0 aromatic rings. The van der Waals surface area contributed by atoms with Gasteiger partial charge in [-0.3, -0.25) is 4.79 Å². The number of carbonyl (C=O) groups excluding carboxylic acids is 2. The van der Waals surface area contributed by atoms with Crippen LogP contribution in [0.4, 0.5) is 0 Å². The van der Waals surface area contributed by atoms with Gasteiger partial charge < -0.3 is 15.4 Å². The standard InChI is InChI=1S/C14H20N2O3/c1-6-12(14(18)19-7-2)8-11(5)15-9-13(17)16-10(3)4/h6,8,15H,1,3,5,7,9H2,2,4H3,(H,16,17)/b12-8+. The van der Waals surface area contributed by atoms with E-state index >= 15 is 0 Å². The molecule has 19 heavy (non-hydrogen) atoms. The van der Waals surface area contributed by atoms with Gasteiger partial charge in [0.25, 0.3) is 0 Å². The molecular weight excluding hydrogens is 244 g/mol. The van der Waals surface area contributed by atoms with Gasteiger partial charge in [0.1, 0.15) is 0 Å². The maximum Gasteiger partial charge on any atom is 0.338 e. The van der Waals surface area contributed by atoms with Gasteiger partial charge in [-0.2, -0.15) is 0 Å². The molecule has 0 aliphatic heterocycles. The van der Waals surface area contributed by atoms with Crippen LogP contribution in [0.1, 0.15) is 13.8 Å². The van der Waals surface area contributed by atoms with Crippen molar-refractivity contribution < 1.29 is 14.3 Å². The second-order valence-corrected chi connectivity index (χ2v) is 3.73. The average molecular weight is 264 g/mol. The Morgan fingerprint density at radius 1 is 1.32 bits per heavy atom. The molecule has 0 saturated carbocycles. The number of hydrogen-bond donors (Lipinski definition) is 2. The maximum atomic E-state index is 11.5. The van der Waals surface area contributed by atoms with Crippen molar-refractivity contribution >= 4 is 11.9 Å². The van der Waals surface area contributed by atoms with Gasteiger partial charge in [-0.1, -0.05) is 25.8 Å². The van der Waals surface area contributed by atoms with Crippen molar-refractivity contribution in [3.05, 3.63) is 48.9 Å². The Balaban J connectivity index is 4.41. The molecule has 0 spiro atoms. The Hall–Kier alpha value is -2.30. The molecule has 0 unspecified atom stereocenters. The van der Waals surface area contributed by atoms with Crippen molar-refractivity contribution in [2.75, 3.05) is 13.2 Å². The van der Waals surface area contributed by atoms with Gasteiger partial charge >= 0.3 is 5.97 Å². The summed E-state index contributed by atoms with van der Waals surface area (Å²) in [6.45, 7) is 14.5. The lowest BCUT2D eigenvalue weighted by molar-refractivity contribution is -0.138. The van der Waals surface area contributed by atoms with Gasteiger partial charge in [-0.15, -0.1) is 0 Å². The van der Waals surface area contributed by atoms with Crippen LogP contribution in [0.3, 0.4) is 0 Å². The molecule has 0 saturated heterocycles. The van der Waals surface area contributed by atoms with Crippen LogP contribution in [-0.4, -0.2) is 25.0 Å². The van der Waals surface area contributed by atoms with E-state index in [1.165, 1.54) is 12.2 Å².